The summed E-state index contributed by atoms with van der Waals surface area (Å²) in [5, 5.41) is 5.73. The Bertz CT molecular complexity index is 1210. The first-order valence-corrected chi connectivity index (χ1v) is 14.1. The number of hydrogen-bond donors (Lipinski definition) is 1. The molecule has 0 amide bonds. The number of aliphatic imine (C=N–C) groups is 1. The SMILES string of the molecule is CCOC(=O)C1=C(CN2CCC(CN(C)CC=O)C(F)C2)NC(c2nccs2)=N[C@H]1c1ccc(F)cc1Br. The molecule has 3 atom stereocenters. The van der Waals surface area contributed by atoms with E-state index in [1.165, 1.54) is 23.5 Å². The van der Waals surface area contributed by atoms with E-state index >= 15 is 4.39 Å². The molecule has 0 bridgehead atoms. The van der Waals surface area contributed by atoms with Crippen LogP contribution in [0.5, 0.6) is 0 Å². The average molecular weight is 611 g/mol. The Labute approximate surface area is 232 Å². The number of piperidine rings is 1. The Balaban J connectivity index is 1.66. The number of esters is 1. The number of ether oxygens (including phenoxy) is 1. The summed E-state index contributed by atoms with van der Waals surface area (Å²) in [5.74, 6) is -0.660. The third kappa shape index (κ3) is 6.71. The molecule has 1 aromatic carbocycles. The molecular formula is C26H30BrF2N5O3S. The monoisotopic (exact) mass is 609 g/mol. The number of hydrogen-bond acceptors (Lipinski definition) is 9. The van der Waals surface area contributed by atoms with Gasteiger partial charge in [0.1, 0.15) is 24.3 Å². The first kappa shape index (κ1) is 28.5. The zero-order valence-corrected chi connectivity index (χ0v) is 23.6. The lowest BCUT2D eigenvalue weighted by atomic mass is 9.92. The fraction of sp³-hybridized carbons (Fsp3) is 0.462. The van der Waals surface area contributed by atoms with Gasteiger partial charge in [-0.3, -0.25) is 14.8 Å². The van der Waals surface area contributed by atoms with Gasteiger partial charge in [-0.15, -0.1) is 11.3 Å². The molecule has 38 heavy (non-hydrogen) atoms. The number of thiazole rings is 1. The number of nitrogens with zero attached hydrogens (tertiary/aromatic N) is 4. The molecule has 0 saturated carbocycles. The van der Waals surface area contributed by atoms with Crippen LogP contribution in [0.3, 0.4) is 0 Å². The molecule has 2 aromatic rings. The highest BCUT2D eigenvalue weighted by molar-refractivity contribution is 9.10. The molecule has 12 heteroatoms. The van der Waals surface area contributed by atoms with E-state index in [2.05, 4.69) is 26.2 Å². The van der Waals surface area contributed by atoms with Gasteiger partial charge in [0.05, 0.1) is 18.7 Å². The van der Waals surface area contributed by atoms with Crippen LogP contribution in [0.1, 0.15) is 30.0 Å². The van der Waals surface area contributed by atoms with E-state index in [0.717, 1.165) is 6.29 Å². The molecule has 1 fully saturated rings. The van der Waals surface area contributed by atoms with Crippen LogP contribution < -0.4 is 5.32 Å². The molecule has 1 saturated heterocycles. The van der Waals surface area contributed by atoms with E-state index in [-0.39, 0.29) is 32.2 Å². The number of likely N-dealkylation sites (tertiary alicyclic amines) is 1. The number of aromatic nitrogens is 1. The Kier molecular flexibility index (Phi) is 9.74. The summed E-state index contributed by atoms with van der Waals surface area (Å²) in [6, 6.07) is 3.46. The van der Waals surface area contributed by atoms with Crippen molar-refractivity contribution < 1.29 is 23.1 Å². The van der Waals surface area contributed by atoms with Crippen LogP contribution in [0.25, 0.3) is 0 Å². The molecule has 8 nitrogen and oxygen atoms in total. The second-order valence-electron chi connectivity index (χ2n) is 9.31. The average Bonchev–Trinajstić information content (AvgIpc) is 3.41. The lowest BCUT2D eigenvalue weighted by molar-refractivity contribution is -0.139. The van der Waals surface area contributed by atoms with E-state index in [0.29, 0.717) is 51.7 Å². The maximum atomic E-state index is 15.2. The third-order valence-electron chi connectivity index (χ3n) is 6.59. The minimum atomic E-state index is -1.08. The van der Waals surface area contributed by atoms with Crippen LogP contribution >= 0.6 is 27.3 Å². The zero-order valence-electron chi connectivity index (χ0n) is 21.2. The van der Waals surface area contributed by atoms with Crippen LogP contribution in [0, 0.1) is 11.7 Å². The number of halogens is 3. The van der Waals surface area contributed by atoms with Crippen LogP contribution in [0.15, 0.2) is 50.5 Å². The molecule has 2 aliphatic heterocycles. The lowest BCUT2D eigenvalue weighted by Crippen LogP contribution is -2.48. The van der Waals surface area contributed by atoms with Gasteiger partial charge in [-0.1, -0.05) is 22.0 Å². The normalized spacial score (nSPS) is 22.3. The van der Waals surface area contributed by atoms with E-state index in [9.17, 15) is 14.0 Å². The fourth-order valence-electron chi connectivity index (χ4n) is 4.76. The van der Waals surface area contributed by atoms with Crippen LogP contribution in [-0.4, -0.2) is 85.4 Å². The maximum Gasteiger partial charge on any atom is 0.338 e. The summed E-state index contributed by atoms with van der Waals surface area (Å²) in [6.45, 7) is 3.75. The van der Waals surface area contributed by atoms with Crippen LogP contribution in [0.2, 0.25) is 0 Å². The van der Waals surface area contributed by atoms with Crippen molar-refractivity contribution in [3.05, 3.63) is 61.9 Å². The quantitative estimate of drug-likeness (QED) is 0.324. The van der Waals surface area contributed by atoms with Gasteiger partial charge >= 0.3 is 5.97 Å². The van der Waals surface area contributed by atoms with Crippen molar-refractivity contribution in [2.75, 3.05) is 46.4 Å². The van der Waals surface area contributed by atoms with Gasteiger partial charge in [-0.05, 0) is 44.6 Å². The molecule has 3 heterocycles. The minimum Gasteiger partial charge on any atom is -0.463 e. The van der Waals surface area contributed by atoms with Crippen LogP contribution in [-0.2, 0) is 14.3 Å². The molecular weight excluding hydrogens is 580 g/mol. The molecule has 4 rings (SSSR count). The molecule has 0 radical (unpaired) electrons. The zero-order chi connectivity index (χ0) is 27.2. The first-order valence-electron chi connectivity index (χ1n) is 12.4. The van der Waals surface area contributed by atoms with Crippen molar-refractivity contribution in [2.45, 2.75) is 25.6 Å². The second-order valence-corrected chi connectivity index (χ2v) is 11.1. The Morgan fingerprint density at radius 3 is 2.89 bits per heavy atom. The fourth-order valence-corrected chi connectivity index (χ4v) is 5.91. The topological polar surface area (TPSA) is 87.1 Å². The van der Waals surface area contributed by atoms with Gasteiger partial charge in [-0.2, -0.15) is 0 Å². The molecule has 0 aliphatic carbocycles. The standard InChI is InChI=1S/C26H30BrF2N5O3S/c1-3-37-26(36)22-21(15-34-8-6-16(20(29)14-34)13-33(2)9-10-35)31-24(25-30-7-11-38-25)32-23(22)18-5-4-17(28)12-19(18)27/h4-5,7,10-12,16,20,23H,3,6,8-9,13-15H2,1-2H3,(H,31,32)/t16?,20?,23-/m0/s1. The summed E-state index contributed by atoms with van der Waals surface area (Å²) in [6.07, 6.45) is 2.02. The summed E-state index contributed by atoms with van der Waals surface area (Å²) >= 11 is 4.82. The number of carbonyl (C=O) groups is 2. The highest BCUT2D eigenvalue weighted by atomic mass is 79.9. The molecule has 0 spiro atoms. The third-order valence-corrected chi connectivity index (χ3v) is 8.05. The number of amidine groups is 1. The number of likely N-dealkylation sites (N-methyl/N-ethyl adjacent to an activating group) is 1. The number of benzene rings is 1. The Morgan fingerprint density at radius 1 is 1.42 bits per heavy atom. The Hall–Kier alpha value is -2.54. The van der Waals surface area contributed by atoms with Crippen molar-refractivity contribution in [1.29, 1.82) is 0 Å². The minimum absolute atomic E-state index is 0.169. The number of aldehydes is 1. The molecule has 2 unspecified atom stereocenters. The summed E-state index contributed by atoms with van der Waals surface area (Å²) in [5.41, 5.74) is 1.44. The summed E-state index contributed by atoms with van der Waals surface area (Å²) in [7, 11) is 1.81. The van der Waals surface area contributed by atoms with Gasteiger partial charge in [0.2, 0.25) is 0 Å². The molecule has 1 N–H and O–H groups in total. The van der Waals surface area contributed by atoms with Crippen molar-refractivity contribution >= 4 is 45.4 Å². The Morgan fingerprint density at radius 2 is 2.24 bits per heavy atom. The highest BCUT2D eigenvalue weighted by Gasteiger charge is 2.36. The molecule has 1 aromatic heterocycles. The summed E-state index contributed by atoms with van der Waals surface area (Å²) in [4.78, 5) is 37.0. The van der Waals surface area contributed by atoms with Crippen molar-refractivity contribution in [2.24, 2.45) is 10.9 Å². The predicted octanol–water partition coefficient (Wildman–Crippen LogP) is 3.74. The second kappa shape index (κ2) is 13.0. The van der Waals surface area contributed by atoms with Gasteiger partial charge in [0.25, 0.3) is 0 Å². The van der Waals surface area contributed by atoms with E-state index in [4.69, 9.17) is 9.73 Å². The van der Waals surface area contributed by atoms with Gasteiger partial charge < -0.3 is 14.8 Å². The van der Waals surface area contributed by atoms with E-state index in [1.54, 1.807) is 19.2 Å². The molecule has 204 valence electrons. The number of rotatable bonds is 10. The molecule has 2 aliphatic rings. The predicted molar refractivity (Wildman–Crippen MR) is 145 cm³/mol. The van der Waals surface area contributed by atoms with E-state index in [1.807, 2.05) is 22.2 Å². The number of carbonyl (C=O) groups excluding carboxylic acids is 2. The largest absolute Gasteiger partial charge is 0.463 e. The van der Waals surface area contributed by atoms with Crippen molar-refractivity contribution in [3.8, 4) is 0 Å². The van der Waals surface area contributed by atoms with Crippen molar-refractivity contribution in [3.63, 3.8) is 0 Å². The number of nitrogens with one attached hydrogen (secondary N) is 1. The van der Waals surface area contributed by atoms with Gasteiger partial charge in [-0.25, -0.2) is 18.6 Å². The summed E-state index contributed by atoms with van der Waals surface area (Å²) < 4.78 is 35.0. The van der Waals surface area contributed by atoms with Gasteiger partial charge in [0, 0.05) is 47.3 Å². The number of alkyl halides is 1. The lowest BCUT2D eigenvalue weighted by Gasteiger charge is -2.37. The maximum absolute atomic E-state index is 15.2. The van der Waals surface area contributed by atoms with Crippen LogP contribution in [0.4, 0.5) is 8.78 Å². The highest BCUT2D eigenvalue weighted by Crippen LogP contribution is 2.37. The van der Waals surface area contributed by atoms with Crippen molar-refractivity contribution in [1.82, 2.24) is 20.1 Å². The first-order chi connectivity index (χ1) is 18.3. The smallest absolute Gasteiger partial charge is 0.338 e. The van der Waals surface area contributed by atoms with E-state index < -0.39 is 24.0 Å². The van der Waals surface area contributed by atoms with Gasteiger partial charge in [0.15, 0.2) is 10.8 Å².